The van der Waals surface area contributed by atoms with Crippen molar-refractivity contribution in [3.8, 4) is 0 Å². The van der Waals surface area contributed by atoms with Gasteiger partial charge in [-0.05, 0) is 61.5 Å². The molecule has 1 unspecified atom stereocenters. The summed E-state index contributed by atoms with van der Waals surface area (Å²) in [6.45, 7) is 9.16. The van der Waals surface area contributed by atoms with Crippen LogP contribution in [0.4, 0.5) is 19.3 Å². The van der Waals surface area contributed by atoms with Crippen molar-refractivity contribution in [2.45, 2.75) is 59.1 Å². The van der Waals surface area contributed by atoms with E-state index in [9.17, 15) is 13.6 Å². The molecule has 128 valence electrons. The molecular weight excluding hydrogens is 368 g/mol. The Morgan fingerprint density at radius 3 is 2.52 bits per heavy atom. The van der Waals surface area contributed by atoms with Gasteiger partial charge < -0.3 is 4.74 Å². The summed E-state index contributed by atoms with van der Waals surface area (Å²) in [5.41, 5.74) is -0.481. The Balaban J connectivity index is 2.57. The number of nitrogens with zero attached hydrogens (tertiary/aromatic N) is 1. The number of hydrogen-bond acceptors (Lipinski definition) is 2. The zero-order chi connectivity index (χ0) is 17.5. The van der Waals surface area contributed by atoms with E-state index in [1.54, 1.807) is 20.8 Å². The van der Waals surface area contributed by atoms with E-state index < -0.39 is 23.3 Å². The molecule has 1 aromatic rings. The van der Waals surface area contributed by atoms with Crippen molar-refractivity contribution in [1.29, 1.82) is 0 Å². The Hall–Kier alpha value is -1.17. The predicted molar refractivity (Wildman–Crippen MR) is 89.7 cm³/mol. The Morgan fingerprint density at radius 1 is 1.39 bits per heavy atom. The molecule has 0 saturated heterocycles. The third-order valence-corrected chi connectivity index (χ3v) is 4.44. The first-order valence-corrected chi connectivity index (χ1v) is 8.50. The van der Waals surface area contributed by atoms with Gasteiger partial charge in [0.1, 0.15) is 17.2 Å². The van der Waals surface area contributed by atoms with Gasteiger partial charge in [-0.15, -0.1) is 0 Å². The Kier molecular flexibility index (Phi) is 5.04. The van der Waals surface area contributed by atoms with Crippen LogP contribution in [0.2, 0.25) is 0 Å². The number of carbonyl (C=O) groups excluding carboxylic acids is 1. The van der Waals surface area contributed by atoms with Crippen LogP contribution in [-0.4, -0.2) is 17.7 Å². The maximum absolute atomic E-state index is 14.5. The summed E-state index contributed by atoms with van der Waals surface area (Å²) in [4.78, 5) is 13.9. The number of fused-ring (bicyclic) bond motifs is 1. The van der Waals surface area contributed by atoms with Crippen LogP contribution in [0.25, 0.3) is 0 Å². The van der Waals surface area contributed by atoms with Crippen LogP contribution in [0.3, 0.4) is 0 Å². The van der Waals surface area contributed by atoms with Crippen molar-refractivity contribution in [1.82, 2.24) is 0 Å². The van der Waals surface area contributed by atoms with Crippen LogP contribution in [-0.2, 0) is 11.2 Å². The normalized spacial score (nSPS) is 18.1. The standard InChI is InChI=1S/C17H22BrF2NO2/c1-9(2)13-7-6-10-14(20)11(18)8-12(19)15(10)21(13)16(22)23-17(3,4)5/h8-9,13H,6-7H2,1-5H3. The molecule has 3 nitrogen and oxygen atoms in total. The van der Waals surface area contributed by atoms with Gasteiger partial charge in [0.05, 0.1) is 10.2 Å². The van der Waals surface area contributed by atoms with E-state index >= 15 is 0 Å². The van der Waals surface area contributed by atoms with Gasteiger partial charge >= 0.3 is 6.09 Å². The molecule has 1 aliphatic rings. The molecule has 1 aromatic carbocycles. The maximum Gasteiger partial charge on any atom is 0.415 e. The predicted octanol–water partition coefficient (Wildman–Crippen LogP) is 5.44. The summed E-state index contributed by atoms with van der Waals surface area (Å²) in [5.74, 6) is -1.04. The van der Waals surface area contributed by atoms with Crippen molar-refractivity contribution < 1.29 is 18.3 Å². The van der Waals surface area contributed by atoms with E-state index in [1.807, 2.05) is 13.8 Å². The minimum Gasteiger partial charge on any atom is -0.443 e. The summed E-state index contributed by atoms with van der Waals surface area (Å²) in [5, 5.41) is 0. The Bertz CT molecular complexity index is 626. The van der Waals surface area contributed by atoms with Crippen molar-refractivity contribution in [3.05, 3.63) is 27.7 Å². The topological polar surface area (TPSA) is 29.5 Å². The number of hydrogen-bond donors (Lipinski definition) is 0. The zero-order valence-electron chi connectivity index (χ0n) is 14.0. The highest BCUT2D eigenvalue weighted by molar-refractivity contribution is 9.10. The molecule has 23 heavy (non-hydrogen) atoms. The molecule has 0 bridgehead atoms. The number of carbonyl (C=O) groups is 1. The second-order valence-electron chi connectivity index (χ2n) is 7.18. The fourth-order valence-electron chi connectivity index (χ4n) is 2.88. The summed E-state index contributed by atoms with van der Waals surface area (Å²) in [6, 6.07) is 0.834. The quantitative estimate of drug-likeness (QED) is 0.598. The Morgan fingerprint density at radius 2 is 2.00 bits per heavy atom. The lowest BCUT2D eigenvalue weighted by Gasteiger charge is -2.40. The molecule has 0 fully saturated rings. The van der Waals surface area contributed by atoms with E-state index in [0.29, 0.717) is 12.8 Å². The molecule has 0 saturated carbocycles. The number of benzene rings is 1. The first kappa shape index (κ1) is 18.2. The average molecular weight is 390 g/mol. The molecule has 0 spiro atoms. The third kappa shape index (κ3) is 3.67. The lowest BCUT2D eigenvalue weighted by molar-refractivity contribution is 0.0548. The van der Waals surface area contributed by atoms with Crippen molar-refractivity contribution in [2.24, 2.45) is 5.92 Å². The van der Waals surface area contributed by atoms with Crippen molar-refractivity contribution >= 4 is 27.7 Å². The highest BCUT2D eigenvalue weighted by atomic mass is 79.9. The van der Waals surface area contributed by atoms with E-state index in [2.05, 4.69) is 15.9 Å². The average Bonchev–Trinajstić information content (AvgIpc) is 2.41. The van der Waals surface area contributed by atoms with Gasteiger partial charge in [0.15, 0.2) is 0 Å². The first-order chi connectivity index (χ1) is 10.5. The largest absolute Gasteiger partial charge is 0.443 e. The van der Waals surface area contributed by atoms with Gasteiger partial charge in [0.25, 0.3) is 0 Å². The number of halogens is 3. The first-order valence-electron chi connectivity index (χ1n) is 7.71. The fourth-order valence-corrected chi connectivity index (χ4v) is 3.32. The second-order valence-corrected chi connectivity index (χ2v) is 8.04. The summed E-state index contributed by atoms with van der Waals surface area (Å²) >= 11 is 3.03. The van der Waals surface area contributed by atoms with E-state index in [0.717, 1.165) is 6.07 Å². The smallest absolute Gasteiger partial charge is 0.415 e. The molecule has 1 heterocycles. The van der Waals surface area contributed by atoms with Crippen LogP contribution in [0.1, 0.15) is 46.6 Å². The molecule has 1 atom stereocenters. The van der Waals surface area contributed by atoms with Gasteiger partial charge in [-0.3, -0.25) is 4.90 Å². The van der Waals surface area contributed by atoms with Crippen LogP contribution in [0.15, 0.2) is 10.5 Å². The van der Waals surface area contributed by atoms with Crippen molar-refractivity contribution in [3.63, 3.8) is 0 Å². The van der Waals surface area contributed by atoms with Gasteiger partial charge in [-0.1, -0.05) is 13.8 Å². The zero-order valence-corrected chi connectivity index (χ0v) is 15.6. The fraction of sp³-hybridized carbons (Fsp3) is 0.588. The number of ether oxygens (including phenoxy) is 1. The lowest BCUT2D eigenvalue weighted by Crippen LogP contribution is -2.49. The SMILES string of the molecule is CC(C)C1CCc2c(F)c(Br)cc(F)c2N1C(=O)OC(C)(C)C. The third-order valence-electron chi connectivity index (χ3n) is 3.86. The monoisotopic (exact) mass is 389 g/mol. The van der Waals surface area contributed by atoms with Gasteiger partial charge in [-0.2, -0.15) is 0 Å². The highest BCUT2D eigenvalue weighted by Crippen LogP contribution is 2.40. The summed E-state index contributed by atoms with van der Waals surface area (Å²) < 4.78 is 34.4. The van der Waals surface area contributed by atoms with Crippen molar-refractivity contribution in [2.75, 3.05) is 4.90 Å². The molecule has 0 radical (unpaired) electrons. The molecule has 0 N–H and O–H groups in total. The molecular formula is C17H22BrF2NO2. The van der Waals surface area contributed by atoms with E-state index in [1.165, 1.54) is 4.90 Å². The van der Waals surface area contributed by atoms with Crippen LogP contribution < -0.4 is 4.90 Å². The lowest BCUT2D eigenvalue weighted by atomic mass is 9.89. The molecule has 0 aromatic heterocycles. The minimum absolute atomic E-state index is 0.00454. The molecule has 1 amide bonds. The molecule has 2 rings (SSSR count). The Labute approximate surface area is 144 Å². The number of anilines is 1. The van der Waals surface area contributed by atoms with E-state index in [4.69, 9.17) is 4.74 Å². The summed E-state index contributed by atoms with van der Waals surface area (Å²) in [7, 11) is 0. The van der Waals surface area contributed by atoms with Crippen LogP contribution in [0.5, 0.6) is 0 Å². The van der Waals surface area contributed by atoms with E-state index in [-0.39, 0.29) is 27.7 Å². The number of amides is 1. The molecule has 6 heteroatoms. The van der Waals surface area contributed by atoms with Crippen LogP contribution in [0, 0.1) is 17.6 Å². The second kappa shape index (κ2) is 6.38. The maximum atomic E-state index is 14.5. The van der Waals surface area contributed by atoms with Gasteiger partial charge in [0, 0.05) is 11.6 Å². The number of rotatable bonds is 1. The van der Waals surface area contributed by atoms with Gasteiger partial charge in [0.2, 0.25) is 0 Å². The molecule has 1 aliphatic heterocycles. The van der Waals surface area contributed by atoms with Crippen LogP contribution >= 0.6 is 15.9 Å². The highest BCUT2D eigenvalue weighted by Gasteiger charge is 2.39. The summed E-state index contributed by atoms with van der Waals surface area (Å²) in [6.07, 6.45) is 0.314. The minimum atomic E-state index is -0.708. The molecule has 0 aliphatic carbocycles. The van der Waals surface area contributed by atoms with Gasteiger partial charge in [-0.25, -0.2) is 13.6 Å².